The summed E-state index contributed by atoms with van der Waals surface area (Å²) in [5, 5.41) is 8.39. The number of aliphatic carboxylic acids is 1. The quantitative estimate of drug-likeness (QED) is 0.634. The van der Waals surface area contributed by atoms with Crippen LogP contribution in [0.5, 0.6) is 5.75 Å². The number of carbonyl (C=O) groups is 1. The highest BCUT2D eigenvalue weighted by Gasteiger charge is 2.31. The van der Waals surface area contributed by atoms with Gasteiger partial charge >= 0.3 is 12.3 Å². The number of nitrogens with two attached hydrogens (primary N) is 1. The van der Waals surface area contributed by atoms with Crippen molar-refractivity contribution in [2.24, 2.45) is 0 Å². The SMILES string of the molecule is Nc1ccc(OC(F)(F)F)c(/C=C/C(=O)O)c1. The van der Waals surface area contributed by atoms with Gasteiger partial charge in [-0.2, -0.15) is 0 Å². The van der Waals surface area contributed by atoms with Crippen LogP contribution in [0, 0.1) is 0 Å². The van der Waals surface area contributed by atoms with Crippen LogP contribution < -0.4 is 10.5 Å². The monoisotopic (exact) mass is 247 g/mol. The summed E-state index contributed by atoms with van der Waals surface area (Å²) in [7, 11) is 0. The lowest BCUT2D eigenvalue weighted by Crippen LogP contribution is -2.17. The van der Waals surface area contributed by atoms with E-state index in [2.05, 4.69) is 4.74 Å². The molecule has 4 nitrogen and oxygen atoms in total. The van der Waals surface area contributed by atoms with E-state index in [-0.39, 0.29) is 11.3 Å². The first-order chi connectivity index (χ1) is 7.78. The first-order valence-corrected chi connectivity index (χ1v) is 4.34. The van der Waals surface area contributed by atoms with Crippen LogP contribution in [0.3, 0.4) is 0 Å². The number of alkyl halides is 3. The van der Waals surface area contributed by atoms with Crippen molar-refractivity contribution in [2.45, 2.75) is 6.36 Å². The zero-order chi connectivity index (χ0) is 13.1. The molecule has 0 aromatic heterocycles. The fourth-order valence-corrected chi connectivity index (χ4v) is 1.08. The zero-order valence-electron chi connectivity index (χ0n) is 8.36. The van der Waals surface area contributed by atoms with Gasteiger partial charge in [0.15, 0.2) is 0 Å². The van der Waals surface area contributed by atoms with Gasteiger partial charge in [-0.05, 0) is 24.3 Å². The van der Waals surface area contributed by atoms with E-state index in [9.17, 15) is 18.0 Å². The van der Waals surface area contributed by atoms with E-state index in [4.69, 9.17) is 10.8 Å². The van der Waals surface area contributed by atoms with Gasteiger partial charge in [-0.15, -0.1) is 13.2 Å². The van der Waals surface area contributed by atoms with Crippen LogP contribution in [0.2, 0.25) is 0 Å². The molecule has 3 N–H and O–H groups in total. The first-order valence-electron chi connectivity index (χ1n) is 4.34. The second-order valence-corrected chi connectivity index (χ2v) is 3.02. The number of nitrogen functional groups attached to an aromatic ring is 1. The van der Waals surface area contributed by atoms with E-state index < -0.39 is 18.1 Å². The molecule has 0 aliphatic rings. The fraction of sp³-hybridized carbons (Fsp3) is 0.100. The van der Waals surface area contributed by atoms with Gasteiger partial charge in [0.1, 0.15) is 5.75 Å². The van der Waals surface area contributed by atoms with Crippen LogP contribution >= 0.6 is 0 Å². The number of benzene rings is 1. The maximum Gasteiger partial charge on any atom is 0.573 e. The third kappa shape index (κ3) is 4.45. The van der Waals surface area contributed by atoms with Crippen molar-refractivity contribution in [3.8, 4) is 5.75 Å². The maximum absolute atomic E-state index is 12.0. The Hall–Kier alpha value is -2.18. The molecule has 0 heterocycles. The highest BCUT2D eigenvalue weighted by atomic mass is 19.4. The fourth-order valence-electron chi connectivity index (χ4n) is 1.08. The van der Waals surface area contributed by atoms with Crippen molar-refractivity contribution in [2.75, 3.05) is 5.73 Å². The number of carboxylic acids is 1. The summed E-state index contributed by atoms with van der Waals surface area (Å²) in [6.45, 7) is 0. The molecule has 0 unspecified atom stereocenters. The number of hydrogen-bond acceptors (Lipinski definition) is 3. The molecule has 0 spiro atoms. The largest absolute Gasteiger partial charge is 0.573 e. The lowest BCUT2D eigenvalue weighted by Gasteiger charge is -2.11. The minimum Gasteiger partial charge on any atom is -0.478 e. The lowest BCUT2D eigenvalue weighted by molar-refractivity contribution is -0.274. The Labute approximate surface area is 94.1 Å². The highest BCUT2D eigenvalue weighted by Crippen LogP contribution is 2.28. The highest BCUT2D eigenvalue weighted by molar-refractivity contribution is 5.86. The normalized spacial score (nSPS) is 11.7. The van der Waals surface area contributed by atoms with E-state index in [1.165, 1.54) is 12.1 Å². The average molecular weight is 247 g/mol. The van der Waals surface area contributed by atoms with Crippen molar-refractivity contribution in [3.05, 3.63) is 29.8 Å². The number of hydrogen-bond donors (Lipinski definition) is 2. The second-order valence-electron chi connectivity index (χ2n) is 3.02. The number of halogens is 3. The zero-order valence-corrected chi connectivity index (χ0v) is 8.36. The minimum absolute atomic E-state index is 0.0651. The smallest absolute Gasteiger partial charge is 0.478 e. The standard InChI is InChI=1S/C10H8F3NO3/c11-10(12,13)17-8-3-2-7(14)5-6(8)1-4-9(15)16/h1-5H,14H2,(H,15,16)/b4-1+. The predicted octanol–water partition coefficient (Wildman–Crippen LogP) is 2.27. The Morgan fingerprint density at radius 1 is 1.41 bits per heavy atom. The molecule has 1 aromatic carbocycles. The van der Waals surface area contributed by atoms with Crippen LogP contribution in [0.4, 0.5) is 18.9 Å². The van der Waals surface area contributed by atoms with Crippen molar-refractivity contribution in [3.63, 3.8) is 0 Å². The van der Waals surface area contributed by atoms with Crippen molar-refractivity contribution < 1.29 is 27.8 Å². The summed E-state index contributed by atoms with van der Waals surface area (Å²) in [5.41, 5.74) is 5.51. The molecule has 0 aliphatic heterocycles. The van der Waals surface area contributed by atoms with E-state index in [0.717, 1.165) is 12.1 Å². The van der Waals surface area contributed by atoms with Gasteiger partial charge in [0.05, 0.1) is 0 Å². The van der Waals surface area contributed by atoms with Crippen LogP contribution in [-0.4, -0.2) is 17.4 Å². The second kappa shape index (κ2) is 4.77. The van der Waals surface area contributed by atoms with Gasteiger partial charge in [-0.1, -0.05) is 0 Å². The van der Waals surface area contributed by atoms with E-state index in [1.807, 2.05) is 0 Å². The number of ether oxygens (including phenoxy) is 1. The van der Waals surface area contributed by atoms with Crippen LogP contribution in [0.1, 0.15) is 5.56 Å². The Morgan fingerprint density at radius 3 is 2.59 bits per heavy atom. The topological polar surface area (TPSA) is 72.5 Å². The molecule has 1 aromatic rings. The summed E-state index contributed by atoms with van der Waals surface area (Å²) >= 11 is 0. The number of carboxylic acid groups (broad SMARTS) is 1. The molecule has 17 heavy (non-hydrogen) atoms. The molecule has 0 fully saturated rings. The molecule has 1 rings (SSSR count). The van der Waals surface area contributed by atoms with Gasteiger partial charge < -0.3 is 15.6 Å². The molecule has 0 saturated heterocycles. The Bertz CT molecular complexity index is 455. The van der Waals surface area contributed by atoms with Crippen molar-refractivity contribution >= 4 is 17.7 Å². The summed E-state index contributed by atoms with van der Waals surface area (Å²) in [5.74, 6) is -1.80. The minimum atomic E-state index is -4.85. The molecule has 0 saturated carbocycles. The van der Waals surface area contributed by atoms with Crippen LogP contribution in [0.25, 0.3) is 6.08 Å². The van der Waals surface area contributed by atoms with Crippen molar-refractivity contribution in [1.82, 2.24) is 0 Å². The molecule has 0 radical (unpaired) electrons. The molecular formula is C10H8F3NO3. The van der Waals surface area contributed by atoms with Gasteiger partial charge in [0.2, 0.25) is 0 Å². The molecule has 0 atom stereocenters. The van der Waals surface area contributed by atoms with E-state index >= 15 is 0 Å². The molecule has 0 amide bonds. The summed E-state index contributed by atoms with van der Waals surface area (Å²) in [4.78, 5) is 10.3. The Kier molecular flexibility index (Phi) is 3.62. The van der Waals surface area contributed by atoms with Gasteiger partial charge in [-0.3, -0.25) is 0 Å². The lowest BCUT2D eigenvalue weighted by atomic mass is 10.1. The molecule has 7 heteroatoms. The number of rotatable bonds is 3. The molecular weight excluding hydrogens is 239 g/mol. The third-order valence-electron chi connectivity index (χ3n) is 1.66. The van der Waals surface area contributed by atoms with E-state index in [0.29, 0.717) is 6.08 Å². The van der Waals surface area contributed by atoms with Gasteiger partial charge in [0.25, 0.3) is 0 Å². The van der Waals surface area contributed by atoms with Crippen LogP contribution in [-0.2, 0) is 4.79 Å². The third-order valence-corrected chi connectivity index (χ3v) is 1.66. The average Bonchev–Trinajstić information content (AvgIpc) is 2.16. The number of anilines is 1. The van der Waals surface area contributed by atoms with Gasteiger partial charge in [-0.25, -0.2) is 4.79 Å². The molecule has 0 bridgehead atoms. The molecule has 92 valence electrons. The summed E-state index contributed by atoms with van der Waals surface area (Å²) in [6.07, 6.45) is -3.18. The first kappa shape index (κ1) is 12.9. The van der Waals surface area contributed by atoms with Crippen molar-refractivity contribution in [1.29, 1.82) is 0 Å². The predicted molar refractivity (Wildman–Crippen MR) is 54.2 cm³/mol. The van der Waals surface area contributed by atoms with E-state index in [1.54, 1.807) is 0 Å². The summed E-state index contributed by atoms with van der Waals surface area (Å²) in [6, 6.07) is 3.42. The molecule has 0 aliphatic carbocycles. The summed E-state index contributed by atoms with van der Waals surface area (Å²) < 4.78 is 39.8. The Balaban J connectivity index is 3.08. The van der Waals surface area contributed by atoms with Crippen LogP contribution in [0.15, 0.2) is 24.3 Å². The van der Waals surface area contributed by atoms with Gasteiger partial charge in [0, 0.05) is 17.3 Å². The Morgan fingerprint density at radius 2 is 2.06 bits per heavy atom. The maximum atomic E-state index is 12.0.